The molecule has 1 rings (SSSR count). The van der Waals surface area contributed by atoms with Gasteiger partial charge in [-0.2, -0.15) is 5.26 Å². The highest BCUT2D eigenvalue weighted by Crippen LogP contribution is 2.13. The van der Waals surface area contributed by atoms with Crippen molar-refractivity contribution in [3.05, 3.63) is 35.9 Å². The minimum atomic E-state index is 0.531. The van der Waals surface area contributed by atoms with Crippen LogP contribution in [0, 0.1) is 17.2 Å². The lowest BCUT2D eigenvalue weighted by Crippen LogP contribution is -2.04. The summed E-state index contributed by atoms with van der Waals surface area (Å²) in [6, 6.07) is 9.66. The maximum absolute atomic E-state index is 8.37. The van der Waals surface area contributed by atoms with Crippen LogP contribution in [0.15, 0.2) is 30.3 Å². The number of hydrogen-bond donors (Lipinski definition) is 0. The highest BCUT2D eigenvalue weighted by molar-refractivity contribution is 5.52. The smallest absolute Gasteiger partial charge is 0.119 e. The maximum Gasteiger partial charge on any atom is 0.119 e. The van der Waals surface area contributed by atoms with E-state index in [1.807, 2.05) is 30.3 Å². The zero-order chi connectivity index (χ0) is 11.1. The average molecular weight is 201 g/mol. The summed E-state index contributed by atoms with van der Waals surface area (Å²) in [5.74, 6) is 1.40. The summed E-state index contributed by atoms with van der Waals surface area (Å²) in [5.41, 5.74) is 1.01. The predicted octanol–water partition coefficient (Wildman–Crippen LogP) is 3.26. The van der Waals surface area contributed by atoms with Gasteiger partial charge in [0.05, 0.1) is 12.7 Å². The lowest BCUT2D eigenvalue weighted by molar-refractivity contribution is 0.271. The average Bonchev–Trinajstić information content (AvgIpc) is 2.25. The number of hydrogen-bond acceptors (Lipinski definition) is 2. The van der Waals surface area contributed by atoms with Gasteiger partial charge in [0.15, 0.2) is 0 Å². The molecule has 0 unspecified atom stereocenters. The van der Waals surface area contributed by atoms with Crippen LogP contribution in [-0.2, 0) is 0 Å². The Kier molecular flexibility index (Phi) is 4.43. The molecular weight excluding hydrogens is 186 g/mol. The Hall–Kier alpha value is -1.75. The molecule has 78 valence electrons. The van der Waals surface area contributed by atoms with Crippen LogP contribution >= 0.6 is 0 Å². The van der Waals surface area contributed by atoms with Crippen LogP contribution in [0.1, 0.15) is 19.4 Å². The van der Waals surface area contributed by atoms with Crippen LogP contribution in [0.4, 0.5) is 0 Å². The van der Waals surface area contributed by atoms with Gasteiger partial charge in [0, 0.05) is 6.08 Å². The molecule has 0 aliphatic carbocycles. The van der Waals surface area contributed by atoms with Crippen LogP contribution < -0.4 is 4.74 Å². The van der Waals surface area contributed by atoms with Gasteiger partial charge in [0.25, 0.3) is 0 Å². The number of nitrogens with zero attached hydrogens (tertiary/aromatic N) is 1. The monoisotopic (exact) mass is 201 g/mol. The fourth-order valence-corrected chi connectivity index (χ4v) is 1.07. The molecule has 0 fully saturated rings. The van der Waals surface area contributed by atoms with Crippen molar-refractivity contribution in [3.63, 3.8) is 0 Å². The highest BCUT2D eigenvalue weighted by Gasteiger charge is 1.96. The maximum atomic E-state index is 8.37. The summed E-state index contributed by atoms with van der Waals surface area (Å²) >= 11 is 0. The SMILES string of the molecule is CC(C)COc1ccc(C=CC#N)cc1. The number of nitriles is 1. The second-order valence-corrected chi connectivity index (χ2v) is 3.74. The molecule has 0 saturated heterocycles. The van der Waals surface area contributed by atoms with Gasteiger partial charge in [-0.25, -0.2) is 0 Å². The van der Waals surface area contributed by atoms with Crippen molar-refractivity contribution in [2.75, 3.05) is 6.61 Å². The molecule has 0 amide bonds. The molecule has 2 nitrogen and oxygen atoms in total. The van der Waals surface area contributed by atoms with E-state index in [2.05, 4.69) is 13.8 Å². The lowest BCUT2D eigenvalue weighted by Gasteiger charge is -2.08. The number of rotatable bonds is 4. The first kappa shape index (κ1) is 11.3. The van der Waals surface area contributed by atoms with Crippen LogP contribution in [0.2, 0.25) is 0 Å². The van der Waals surface area contributed by atoms with Gasteiger partial charge in [0.1, 0.15) is 5.75 Å². The van der Waals surface area contributed by atoms with Gasteiger partial charge < -0.3 is 4.74 Å². The molecule has 0 aliphatic rings. The fourth-order valence-electron chi connectivity index (χ4n) is 1.07. The first-order valence-electron chi connectivity index (χ1n) is 5.01. The summed E-state index contributed by atoms with van der Waals surface area (Å²) in [5, 5.41) is 8.37. The molecular formula is C13H15NO. The largest absolute Gasteiger partial charge is 0.493 e. The van der Waals surface area contributed by atoms with Crippen molar-refractivity contribution in [2.45, 2.75) is 13.8 Å². The third kappa shape index (κ3) is 4.33. The van der Waals surface area contributed by atoms with E-state index in [1.54, 1.807) is 6.08 Å². The predicted molar refractivity (Wildman–Crippen MR) is 61.4 cm³/mol. The Morgan fingerprint density at radius 1 is 1.33 bits per heavy atom. The summed E-state index contributed by atoms with van der Waals surface area (Å²) in [4.78, 5) is 0. The quantitative estimate of drug-likeness (QED) is 0.700. The van der Waals surface area contributed by atoms with Crippen molar-refractivity contribution < 1.29 is 4.74 Å². The van der Waals surface area contributed by atoms with Gasteiger partial charge in [-0.05, 0) is 29.7 Å². The minimum absolute atomic E-state index is 0.531. The molecule has 0 heterocycles. The first-order valence-corrected chi connectivity index (χ1v) is 5.01. The minimum Gasteiger partial charge on any atom is -0.493 e. The number of allylic oxidation sites excluding steroid dienone is 1. The van der Waals surface area contributed by atoms with E-state index in [0.717, 1.165) is 17.9 Å². The van der Waals surface area contributed by atoms with Crippen molar-refractivity contribution in [1.82, 2.24) is 0 Å². The molecule has 0 radical (unpaired) electrons. The number of ether oxygens (including phenoxy) is 1. The van der Waals surface area contributed by atoms with Gasteiger partial charge >= 0.3 is 0 Å². The zero-order valence-corrected chi connectivity index (χ0v) is 9.10. The molecule has 0 bridgehead atoms. The molecule has 0 spiro atoms. The van der Waals surface area contributed by atoms with Gasteiger partial charge in [-0.3, -0.25) is 0 Å². The summed E-state index contributed by atoms with van der Waals surface area (Å²) in [6.45, 7) is 4.96. The van der Waals surface area contributed by atoms with E-state index in [4.69, 9.17) is 10.00 Å². The summed E-state index contributed by atoms with van der Waals surface area (Å²) in [6.07, 6.45) is 3.23. The Balaban J connectivity index is 2.57. The molecule has 0 aliphatic heterocycles. The molecule has 0 saturated carbocycles. The van der Waals surface area contributed by atoms with Crippen LogP contribution in [0.25, 0.3) is 6.08 Å². The molecule has 1 aromatic rings. The molecule has 2 heteroatoms. The highest BCUT2D eigenvalue weighted by atomic mass is 16.5. The summed E-state index contributed by atoms with van der Waals surface area (Å²) in [7, 11) is 0. The fraction of sp³-hybridized carbons (Fsp3) is 0.308. The van der Waals surface area contributed by atoms with Crippen molar-refractivity contribution in [1.29, 1.82) is 5.26 Å². The van der Waals surface area contributed by atoms with Gasteiger partial charge in [-0.15, -0.1) is 0 Å². The lowest BCUT2D eigenvalue weighted by atomic mass is 10.2. The van der Waals surface area contributed by atoms with Crippen molar-refractivity contribution >= 4 is 6.08 Å². The van der Waals surface area contributed by atoms with E-state index in [9.17, 15) is 0 Å². The van der Waals surface area contributed by atoms with E-state index in [0.29, 0.717) is 5.92 Å². The van der Waals surface area contributed by atoms with E-state index < -0.39 is 0 Å². The van der Waals surface area contributed by atoms with E-state index in [1.165, 1.54) is 6.08 Å². The molecule has 15 heavy (non-hydrogen) atoms. The van der Waals surface area contributed by atoms with Crippen LogP contribution in [0.3, 0.4) is 0 Å². The zero-order valence-electron chi connectivity index (χ0n) is 9.10. The Morgan fingerprint density at radius 3 is 2.53 bits per heavy atom. The third-order valence-corrected chi connectivity index (χ3v) is 1.81. The van der Waals surface area contributed by atoms with Crippen LogP contribution in [0.5, 0.6) is 5.75 Å². The standard InChI is InChI=1S/C13H15NO/c1-11(2)10-15-13-7-5-12(6-8-13)4-3-9-14/h3-8,11H,10H2,1-2H3. The van der Waals surface area contributed by atoms with E-state index >= 15 is 0 Å². The van der Waals surface area contributed by atoms with Crippen molar-refractivity contribution in [3.8, 4) is 11.8 Å². The Morgan fingerprint density at radius 2 is 2.00 bits per heavy atom. The Labute approximate surface area is 90.8 Å². The second kappa shape index (κ2) is 5.87. The topological polar surface area (TPSA) is 33.0 Å². The van der Waals surface area contributed by atoms with E-state index in [-0.39, 0.29) is 0 Å². The van der Waals surface area contributed by atoms with Gasteiger partial charge in [-0.1, -0.05) is 26.0 Å². The first-order chi connectivity index (χ1) is 7.22. The third-order valence-electron chi connectivity index (χ3n) is 1.81. The molecule has 1 aromatic carbocycles. The van der Waals surface area contributed by atoms with Crippen molar-refractivity contribution in [2.24, 2.45) is 5.92 Å². The normalized spacial score (nSPS) is 10.5. The van der Waals surface area contributed by atoms with Crippen LogP contribution in [-0.4, -0.2) is 6.61 Å². The molecule has 0 N–H and O–H groups in total. The van der Waals surface area contributed by atoms with Gasteiger partial charge in [0.2, 0.25) is 0 Å². The summed E-state index contributed by atoms with van der Waals surface area (Å²) < 4.78 is 5.54. The Bertz CT molecular complexity index is 357. The number of benzene rings is 1. The molecule has 0 atom stereocenters. The molecule has 0 aromatic heterocycles. The second-order valence-electron chi connectivity index (χ2n) is 3.74.